The van der Waals surface area contributed by atoms with Crippen LogP contribution in [0.5, 0.6) is 0 Å². The van der Waals surface area contributed by atoms with E-state index in [1.165, 1.54) is 35.9 Å². The van der Waals surface area contributed by atoms with Gasteiger partial charge < -0.3 is 14.5 Å². The molecule has 7 nitrogen and oxygen atoms in total. The number of carbonyl (C=O) groups is 1. The van der Waals surface area contributed by atoms with E-state index in [-0.39, 0.29) is 31.3 Å². The fourth-order valence-electron chi connectivity index (χ4n) is 6.60. The first-order valence-electron chi connectivity index (χ1n) is 13.3. The lowest BCUT2D eigenvalue weighted by atomic mass is 9.88. The molecule has 2 fully saturated rings. The van der Waals surface area contributed by atoms with Gasteiger partial charge in [-0.25, -0.2) is 22.4 Å². The van der Waals surface area contributed by atoms with E-state index in [4.69, 9.17) is 4.74 Å². The Morgan fingerprint density at radius 2 is 1.93 bits per heavy atom. The van der Waals surface area contributed by atoms with Gasteiger partial charge in [-0.15, -0.1) is 11.8 Å². The number of aryl methyl sites for hydroxylation is 1. The van der Waals surface area contributed by atoms with Gasteiger partial charge in [-0.1, -0.05) is 6.58 Å². The zero-order valence-corrected chi connectivity index (χ0v) is 23.3. The summed E-state index contributed by atoms with van der Waals surface area (Å²) < 4.78 is 65.0. The van der Waals surface area contributed by atoms with Crippen molar-refractivity contribution in [3.05, 3.63) is 64.6 Å². The number of hydrogen-bond donors (Lipinski definition) is 0. The highest BCUT2D eigenvalue weighted by Crippen LogP contribution is 2.47. The Labute approximate surface area is 237 Å². The van der Waals surface area contributed by atoms with Gasteiger partial charge >= 0.3 is 5.69 Å². The summed E-state index contributed by atoms with van der Waals surface area (Å²) in [4.78, 5) is 34.7. The average Bonchev–Trinajstić information content (AvgIpc) is 2.90. The molecule has 0 N–H and O–H groups in total. The van der Waals surface area contributed by atoms with E-state index in [9.17, 15) is 22.8 Å². The summed E-state index contributed by atoms with van der Waals surface area (Å²) in [6, 6.07) is 3.30. The summed E-state index contributed by atoms with van der Waals surface area (Å²) in [7, 11) is 1.54. The van der Waals surface area contributed by atoms with Gasteiger partial charge in [-0.05, 0) is 36.8 Å². The van der Waals surface area contributed by atoms with Crippen LogP contribution < -0.4 is 10.6 Å². The van der Waals surface area contributed by atoms with Crippen molar-refractivity contribution in [3.63, 3.8) is 0 Å². The summed E-state index contributed by atoms with van der Waals surface area (Å²) in [5.41, 5.74) is 1.47. The molecule has 3 atom stereocenters. The number of piperidine rings is 1. The van der Waals surface area contributed by atoms with Crippen molar-refractivity contribution in [2.24, 2.45) is 0 Å². The van der Waals surface area contributed by atoms with Gasteiger partial charge in [-0.2, -0.15) is 4.98 Å². The van der Waals surface area contributed by atoms with Crippen LogP contribution in [0.3, 0.4) is 0 Å². The number of hydrogen-bond acceptors (Lipinski definition) is 6. The van der Waals surface area contributed by atoms with E-state index in [1.807, 2.05) is 17.9 Å². The molecular formula is C29H28F4N4O3S. The number of halogens is 4. The van der Waals surface area contributed by atoms with Crippen LogP contribution in [-0.2, 0) is 9.53 Å². The minimum absolute atomic E-state index is 0.0641. The van der Waals surface area contributed by atoms with E-state index in [0.29, 0.717) is 38.5 Å². The molecule has 2 aromatic carbocycles. The lowest BCUT2D eigenvalue weighted by molar-refractivity contribution is -0.147. The van der Waals surface area contributed by atoms with Crippen molar-refractivity contribution in [1.82, 2.24) is 14.5 Å². The number of anilines is 1. The standard InChI is InChI=1S/C29H28F4N4O3S/c1-4-23(38)36-17-9-29(32,33)10-18(36)12-35(11-17)27-21-7-15(2)24(20-6-5-16(30)8-22(20)31)26-25(21)37(28(39)34-27)19(13-40-3)14-41-26/h4-8,17-19H,1,9-14H2,2-3H3/t17?,18?,19-/m0/s1. The molecule has 0 spiro atoms. The average molecular weight is 589 g/mol. The number of carbonyl (C=O) groups excluding carboxylic acids is 1. The molecule has 0 aliphatic carbocycles. The number of rotatable bonds is 5. The van der Waals surface area contributed by atoms with Crippen molar-refractivity contribution in [3.8, 4) is 11.1 Å². The predicted octanol–water partition coefficient (Wildman–Crippen LogP) is 4.94. The maximum Gasteiger partial charge on any atom is 0.350 e. The van der Waals surface area contributed by atoms with E-state index in [1.54, 1.807) is 4.57 Å². The fraction of sp³-hybridized carbons (Fsp3) is 0.414. The Kier molecular flexibility index (Phi) is 6.88. The minimum atomic E-state index is -2.92. The summed E-state index contributed by atoms with van der Waals surface area (Å²) in [6.07, 6.45) is 0.135. The molecule has 3 aliphatic heterocycles. The number of alkyl halides is 2. The fourth-order valence-corrected chi connectivity index (χ4v) is 7.96. The van der Waals surface area contributed by atoms with Crippen LogP contribution in [0.2, 0.25) is 0 Å². The van der Waals surface area contributed by atoms with E-state index in [0.717, 1.165) is 12.1 Å². The van der Waals surface area contributed by atoms with Crippen molar-refractivity contribution >= 4 is 34.4 Å². The quantitative estimate of drug-likeness (QED) is 0.311. The maximum atomic E-state index is 15.1. The molecule has 0 radical (unpaired) electrons. The Balaban J connectivity index is 1.55. The molecule has 2 unspecified atom stereocenters. The first-order chi connectivity index (χ1) is 19.5. The normalized spacial score (nSPS) is 23.1. The second-order valence-electron chi connectivity index (χ2n) is 10.9. The van der Waals surface area contributed by atoms with Crippen LogP contribution >= 0.6 is 11.8 Å². The molecule has 4 heterocycles. The zero-order chi connectivity index (χ0) is 29.2. The Hall–Kier alpha value is -3.38. The lowest BCUT2D eigenvalue weighted by Crippen LogP contribution is -2.66. The van der Waals surface area contributed by atoms with Crippen molar-refractivity contribution in [1.29, 1.82) is 0 Å². The van der Waals surface area contributed by atoms with Gasteiger partial charge in [0, 0.05) is 66.3 Å². The van der Waals surface area contributed by atoms with Crippen LogP contribution in [0.1, 0.15) is 24.4 Å². The molecule has 6 rings (SSSR count). The molecule has 3 aliphatic rings. The van der Waals surface area contributed by atoms with Crippen LogP contribution in [0.25, 0.3) is 22.0 Å². The third-order valence-electron chi connectivity index (χ3n) is 8.13. The topological polar surface area (TPSA) is 67.7 Å². The molecule has 216 valence electrons. The minimum Gasteiger partial charge on any atom is -0.383 e. The number of piperazine rings is 1. The van der Waals surface area contributed by atoms with E-state index < -0.39 is 54.1 Å². The first kappa shape index (κ1) is 27.8. The van der Waals surface area contributed by atoms with Gasteiger partial charge in [0.15, 0.2) is 0 Å². The number of thioether (sulfide) groups is 1. The smallest absolute Gasteiger partial charge is 0.350 e. The van der Waals surface area contributed by atoms with Crippen LogP contribution in [0.15, 0.2) is 46.6 Å². The van der Waals surface area contributed by atoms with Crippen molar-refractivity contribution < 1.29 is 27.1 Å². The molecule has 2 saturated heterocycles. The van der Waals surface area contributed by atoms with Gasteiger partial charge in [0.05, 0.1) is 30.2 Å². The number of benzene rings is 2. The Morgan fingerprint density at radius 1 is 1.22 bits per heavy atom. The molecule has 2 bridgehead atoms. The summed E-state index contributed by atoms with van der Waals surface area (Å²) in [5, 5.41) is 0.616. The maximum absolute atomic E-state index is 15.1. The number of ether oxygens (including phenoxy) is 1. The highest BCUT2D eigenvalue weighted by Gasteiger charge is 2.51. The summed E-state index contributed by atoms with van der Waals surface area (Å²) in [5.74, 6) is -3.93. The summed E-state index contributed by atoms with van der Waals surface area (Å²) in [6.45, 7) is 5.72. The third-order valence-corrected chi connectivity index (χ3v) is 9.37. The molecule has 0 saturated carbocycles. The van der Waals surface area contributed by atoms with Gasteiger partial charge in [-0.3, -0.25) is 9.36 Å². The monoisotopic (exact) mass is 588 g/mol. The SMILES string of the molecule is C=CC(=O)N1C2CN(c3nc(=O)n4c5c(c(-c6ccc(F)cc6F)c(C)cc35)SC[C@@H]4COC)CC1CC(F)(F)C2. The van der Waals surface area contributed by atoms with Crippen molar-refractivity contribution in [2.75, 3.05) is 37.5 Å². The van der Waals surface area contributed by atoms with E-state index >= 15 is 4.39 Å². The highest BCUT2D eigenvalue weighted by molar-refractivity contribution is 7.99. The molecule has 12 heteroatoms. The zero-order valence-electron chi connectivity index (χ0n) is 22.5. The number of methoxy groups -OCH3 is 1. The van der Waals surface area contributed by atoms with Crippen LogP contribution in [-0.4, -0.2) is 70.9 Å². The number of nitrogens with zero attached hydrogens (tertiary/aromatic N) is 4. The molecule has 1 aromatic heterocycles. The van der Waals surface area contributed by atoms with Gasteiger partial charge in [0.25, 0.3) is 5.92 Å². The number of aromatic nitrogens is 2. The van der Waals surface area contributed by atoms with E-state index in [2.05, 4.69) is 11.6 Å². The molecular weight excluding hydrogens is 560 g/mol. The second kappa shape index (κ2) is 10.2. The number of amides is 1. The number of fused-ring (bicyclic) bond motifs is 2. The molecule has 3 aromatic rings. The molecule has 41 heavy (non-hydrogen) atoms. The first-order valence-corrected chi connectivity index (χ1v) is 14.3. The largest absolute Gasteiger partial charge is 0.383 e. The Morgan fingerprint density at radius 3 is 2.56 bits per heavy atom. The van der Waals surface area contributed by atoms with Gasteiger partial charge in [0.2, 0.25) is 5.91 Å². The molecule has 1 amide bonds. The predicted molar refractivity (Wildman–Crippen MR) is 149 cm³/mol. The van der Waals surface area contributed by atoms with Crippen molar-refractivity contribution in [2.45, 2.75) is 48.7 Å². The van der Waals surface area contributed by atoms with Crippen LogP contribution in [0.4, 0.5) is 23.4 Å². The third kappa shape index (κ3) is 4.61. The van der Waals surface area contributed by atoms with Crippen LogP contribution in [0, 0.1) is 18.6 Å². The Bertz CT molecular complexity index is 1630. The highest BCUT2D eigenvalue weighted by atomic mass is 32.2. The lowest BCUT2D eigenvalue weighted by Gasteiger charge is -2.52. The summed E-state index contributed by atoms with van der Waals surface area (Å²) >= 11 is 1.46. The van der Waals surface area contributed by atoms with Gasteiger partial charge in [0.1, 0.15) is 17.5 Å². The second-order valence-corrected chi connectivity index (χ2v) is 11.9.